The van der Waals surface area contributed by atoms with Crippen molar-refractivity contribution in [2.75, 3.05) is 12.3 Å². The molecule has 0 saturated heterocycles. The van der Waals surface area contributed by atoms with E-state index in [1.807, 2.05) is 62.3 Å². The average Bonchev–Trinajstić information content (AvgIpc) is 2.05. The molecule has 0 atom stereocenters. The summed E-state index contributed by atoms with van der Waals surface area (Å²) in [4.78, 5) is 3.35. The molecule has 0 aromatic carbocycles. The Morgan fingerprint density at radius 1 is 0.750 bits per heavy atom. The molecule has 1 N–H and O–H groups in total. The van der Waals surface area contributed by atoms with Gasteiger partial charge in [0.25, 0.3) is 0 Å². The van der Waals surface area contributed by atoms with Crippen LogP contribution in [0.4, 0.5) is 0 Å². The molecule has 0 unspecified atom stereocenters. The monoisotopic (exact) mass is 323 g/mol. The summed E-state index contributed by atoms with van der Waals surface area (Å²) >= 11 is 4.26. The Labute approximate surface area is 131 Å². The van der Waals surface area contributed by atoms with Gasteiger partial charge in [-0.15, -0.1) is 0 Å². The molecule has 0 aromatic heterocycles. The van der Waals surface area contributed by atoms with Crippen molar-refractivity contribution in [3.8, 4) is 0 Å². The minimum atomic E-state index is -3.02. The minimum Gasteiger partial charge on any atom is -0.356 e. The Balaban J connectivity index is 5.38. The molecule has 0 rings (SSSR count). The summed E-state index contributed by atoms with van der Waals surface area (Å²) in [7, 11) is -3.02. The van der Waals surface area contributed by atoms with Crippen LogP contribution in [0.5, 0.6) is 0 Å². The number of rotatable bonds is 6. The second-order valence-corrected chi connectivity index (χ2v) is 10.4. The third-order valence-corrected chi connectivity index (χ3v) is 5.32. The lowest BCUT2D eigenvalue weighted by molar-refractivity contribution is -0.0821. The summed E-state index contributed by atoms with van der Waals surface area (Å²) in [6.07, 6.45) is 0. The third kappa shape index (κ3) is 10.2. The SMILES string of the molecule is CC(C)(C)O[Si](NCCS)(OC(C)(C)C)OC(C)(C)C. The molecule has 0 heterocycles. The molecule has 0 fully saturated rings. The smallest absolute Gasteiger partial charge is 0.356 e. The third-order valence-electron chi connectivity index (χ3n) is 1.77. The number of hydrogen-bond acceptors (Lipinski definition) is 5. The van der Waals surface area contributed by atoms with E-state index >= 15 is 0 Å². The molecule has 122 valence electrons. The molecule has 6 heteroatoms. The Morgan fingerprint density at radius 2 is 1.05 bits per heavy atom. The van der Waals surface area contributed by atoms with Crippen molar-refractivity contribution in [1.82, 2.24) is 4.98 Å². The summed E-state index contributed by atoms with van der Waals surface area (Å²) in [6, 6.07) is 0. The van der Waals surface area contributed by atoms with E-state index in [1.165, 1.54) is 0 Å². The first-order chi connectivity index (χ1) is 8.68. The maximum absolute atomic E-state index is 6.23. The zero-order valence-corrected chi connectivity index (χ0v) is 16.5. The molecule has 0 aliphatic carbocycles. The van der Waals surface area contributed by atoms with Crippen LogP contribution in [-0.2, 0) is 13.3 Å². The fraction of sp³-hybridized carbons (Fsp3) is 1.00. The topological polar surface area (TPSA) is 39.7 Å². The summed E-state index contributed by atoms with van der Waals surface area (Å²) in [5.41, 5.74) is -1.06. The van der Waals surface area contributed by atoms with E-state index < -0.39 is 8.97 Å². The predicted octanol–water partition coefficient (Wildman–Crippen LogP) is 3.39. The van der Waals surface area contributed by atoms with E-state index in [0.29, 0.717) is 12.3 Å². The van der Waals surface area contributed by atoms with Gasteiger partial charge in [-0.3, -0.25) is 4.98 Å². The maximum Gasteiger partial charge on any atom is 0.598 e. The molecule has 0 radical (unpaired) electrons. The fourth-order valence-electron chi connectivity index (χ4n) is 1.59. The van der Waals surface area contributed by atoms with Crippen LogP contribution in [0.1, 0.15) is 62.3 Å². The minimum absolute atomic E-state index is 0.355. The van der Waals surface area contributed by atoms with Crippen LogP contribution in [0.2, 0.25) is 0 Å². The lowest BCUT2D eigenvalue weighted by atomic mass is 10.2. The van der Waals surface area contributed by atoms with E-state index in [9.17, 15) is 0 Å². The van der Waals surface area contributed by atoms with E-state index in [0.717, 1.165) is 0 Å². The molecular formula is C14H33NO3SSi. The highest BCUT2D eigenvalue weighted by Gasteiger charge is 2.51. The molecule has 4 nitrogen and oxygen atoms in total. The summed E-state index contributed by atoms with van der Waals surface area (Å²) < 4.78 is 18.7. The highest BCUT2D eigenvalue weighted by molar-refractivity contribution is 7.80. The van der Waals surface area contributed by atoms with Gasteiger partial charge in [-0.05, 0) is 62.3 Å². The first-order valence-electron chi connectivity index (χ1n) is 7.14. The highest BCUT2D eigenvalue weighted by Crippen LogP contribution is 2.26. The lowest BCUT2D eigenvalue weighted by Gasteiger charge is -2.42. The van der Waals surface area contributed by atoms with Crippen molar-refractivity contribution in [3.05, 3.63) is 0 Å². The number of hydrogen-bond donors (Lipinski definition) is 2. The Kier molecular flexibility index (Phi) is 7.26. The molecular weight excluding hydrogens is 290 g/mol. The number of nitrogens with one attached hydrogen (secondary N) is 1. The molecule has 0 aliphatic heterocycles. The quantitative estimate of drug-likeness (QED) is 0.581. The van der Waals surface area contributed by atoms with Crippen molar-refractivity contribution < 1.29 is 13.3 Å². The summed E-state index contributed by atoms with van der Waals surface area (Å²) in [5, 5.41) is 0. The lowest BCUT2D eigenvalue weighted by Crippen LogP contribution is -2.66. The van der Waals surface area contributed by atoms with Crippen LogP contribution in [0.15, 0.2) is 0 Å². The van der Waals surface area contributed by atoms with Crippen LogP contribution in [0.25, 0.3) is 0 Å². The fourth-order valence-corrected chi connectivity index (χ4v) is 5.10. The maximum atomic E-state index is 6.23. The standard InChI is InChI=1S/C14H33NO3SSi/c1-12(2,3)16-20(15-10-11-19,17-13(4,5)6)18-14(7,8)9/h15,19H,10-11H2,1-9H3. The van der Waals surface area contributed by atoms with Gasteiger partial charge < -0.3 is 13.3 Å². The van der Waals surface area contributed by atoms with Gasteiger partial charge in [-0.25, -0.2) is 0 Å². The molecule has 0 aromatic rings. The highest BCUT2D eigenvalue weighted by atomic mass is 32.1. The van der Waals surface area contributed by atoms with Crippen LogP contribution < -0.4 is 4.98 Å². The first-order valence-corrected chi connectivity index (χ1v) is 9.50. The Hall–Kier alpha value is 0.407. The Morgan fingerprint density at radius 3 is 1.25 bits per heavy atom. The van der Waals surface area contributed by atoms with Crippen molar-refractivity contribution in [1.29, 1.82) is 0 Å². The predicted molar refractivity (Wildman–Crippen MR) is 90.1 cm³/mol. The molecule has 0 saturated carbocycles. The van der Waals surface area contributed by atoms with Gasteiger partial charge >= 0.3 is 8.97 Å². The first kappa shape index (κ1) is 20.4. The second kappa shape index (κ2) is 7.11. The Bertz CT molecular complexity index is 251. The van der Waals surface area contributed by atoms with Gasteiger partial charge in [0.2, 0.25) is 0 Å². The van der Waals surface area contributed by atoms with Gasteiger partial charge in [0.15, 0.2) is 0 Å². The molecule has 0 bridgehead atoms. The van der Waals surface area contributed by atoms with Crippen molar-refractivity contribution >= 4 is 21.6 Å². The van der Waals surface area contributed by atoms with E-state index in [4.69, 9.17) is 13.3 Å². The van der Waals surface area contributed by atoms with Gasteiger partial charge in [0.05, 0.1) is 16.8 Å². The largest absolute Gasteiger partial charge is 0.598 e. The van der Waals surface area contributed by atoms with E-state index in [1.54, 1.807) is 0 Å². The second-order valence-electron chi connectivity index (χ2n) is 7.85. The number of thiol groups is 1. The molecule has 0 aliphatic rings. The molecule has 0 amide bonds. The van der Waals surface area contributed by atoms with Gasteiger partial charge in [0, 0.05) is 12.3 Å². The van der Waals surface area contributed by atoms with Gasteiger partial charge in [0.1, 0.15) is 0 Å². The van der Waals surface area contributed by atoms with Crippen LogP contribution >= 0.6 is 12.6 Å². The molecule has 0 spiro atoms. The van der Waals surface area contributed by atoms with Crippen LogP contribution in [-0.4, -0.2) is 38.1 Å². The summed E-state index contributed by atoms with van der Waals surface area (Å²) in [5.74, 6) is 0.698. The van der Waals surface area contributed by atoms with Crippen molar-refractivity contribution in [2.24, 2.45) is 0 Å². The van der Waals surface area contributed by atoms with E-state index in [2.05, 4.69) is 17.6 Å². The normalized spacial score (nSPS) is 14.7. The van der Waals surface area contributed by atoms with E-state index in [-0.39, 0.29) is 16.8 Å². The summed E-state index contributed by atoms with van der Waals surface area (Å²) in [6.45, 7) is 18.8. The van der Waals surface area contributed by atoms with Crippen LogP contribution in [0.3, 0.4) is 0 Å². The molecule has 20 heavy (non-hydrogen) atoms. The van der Waals surface area contributed by atoms with Crippen molar-refractivity contribution in [2.45, 2.75) is 79.1 Å². The van der Waals surface area contributed by atoms with Gasteiger partial charge in [-0.2, -0.15) is 12.6 Å². The van der Waals surface area contributed by atoms with Gasteiger partial charge in [-0.1, -0.05) is 0 Å². The zero-order chi connectivity index (χ0) is 16.2. The van der Waals surface area contributed by atoms with Crippen LogP contribution in [0, 0.1) is 0 Å². The zero-order valence-electron chi connectivity index (χ0n) is 14.6. The van der Waals surface area contributed by atoms with Crippen molar-refractivity contribution in [3.63, 3.8) is 0 Å². The average molecular weight is 324 g/mol.